The molecule has 0 fully saturated rings. The van der Waals surface area contributed by atoms with Gasteiger partial charge in [0.05, 0.1) is 4.88 Å². The minimum absolute atomic E-state index is 0.0540. The molecule has 2 amide bonds. The topological polar surface area (TPSA) is 49.4 Å². The molecule has 0 aromatic carbocycles. The first-order valence-electron chi connectivity index (χ1n) is 7.63. The largest absolute Gasteiger partial charge is 0.356 e. The number of hydrogen-bond donors (Lipinski definition) is 1. The molecule has 21 heavy (non-hydrogen) atoms. The molecule has 5 heteroatoms. The lowest BCUT2D eigenvalue weighted by atomic mass is 9.87. The second kappa shape index (κ2) is 7.07. The van der Waals surface area contributed by atoms with E-state index in [1.54, 1.807) is 30.3 Å². The molecule has 1 heterocycles. The Morgan fingerprint density at radius 1 is 1.43 bits per heavy atom. The van der Waals surface area contributed by atoms with Crippen molar-refractivity contribution in [2.45, 2.75) is 39.0 Å². The number of hydrogen-bond acceptors (Lipinski definition) is 3. The molecule has 116 valence electrons. The average Bonchev–Trinajstić information content (AvgIpc) is 2.89. The molecule has 0 bridgehead atoms. The molecule has 0 saturated heterocycles. The summed E-state index contributed by atoms with van der Waals surface area (Å²) in [6, 6.07) is 1.98. The van der Waals surface area contributed by atoms with Crippen LogP contribution < -0.4 is 5.32 Å². The van der Waals surface area contributed by atoms with Crippen LogP contribution in [0.4, 0.5) is 0 Å². The predicted molar refractivity (Wildman–Crippen MR) is 85.8 cm³/mol. The summed E-state index contributed by atoms with van der Waals surface area (Å²) in [5.41, 5.74) is 1.19. The van der Waals surface area contributed by atoms with Crippen molar-refractivity contribution in [3.63, 3.8) is 0 Å². The molecule has 0 spiro atoms. The monoisotopic (exact) mass is 308 g/mol. The van der Waals surface area contributed by atoms with Crippen LogP contribution in [0.25, 0.3) is 0 Å². The Morgan fingerprint density at radius 2 is 2.19 bits per heavy atom. The van der Waals surface area contributed by atoms with Crippen molar-refractivity contribution in [1.82, 2.24) is 10.2 Å². The molecule has 1 atom stereocenters. The van der Waals surface area contributed by atoms with Gasteiger partial charge in [-0.3, -0.25) is 9.59 Å². The van der Waals surface area contributed by atoms with Gasteiger partial charge in [0.1, 0.15) is 0 Å². The summed E-state index contributed by atoms with van der Waals surface area (Å²) < 4.78 is 0. The molecule has 0 radical (unpaired) electrons. The Hall–Kier alpha value is -1.36. The molecule has 1 aromatic rings. The highest BCUT2D eigenvalue weighted by atomic mass is 32.1. The van der Waals surface area contributed by atoms with Crippen molar-refractivity contribution in [3.05, 3.63) is 21.4 Å². The maximum absolute atomic E-state index is 12.1. The van der Waals surface area contributed by atoms with Crippen LogP contribution in [0.3, 0.4) is 0 Å². The van der Waals surface area contributed by atoms with Gasteiger partial charge in [0.15, 0.2) is 0 Å². The number of amides is 2. The van der Waals surface area contributed by atoms with E-state index in [2.05, 4.69) is 12.2 Å². The van der Waals surface area contributed by atoms with Crippen molar-refractivity contribution in [2.75, 3.05) is 20.6 Å². The van der Waals surface area contributed by atoms with Crippen LogP contribution in [0.1, 0.15) is 46.3 Å². The first-order valence-corrected chi connectivity index (χ1v) is 8.45. The lowest BCUT2D eigenvalue weighted by Gasteiger charge is -2.21. The summed E-state index contributed by atoms with van der Waals surface area (Å²) >= 11 is 1.58. The van der Waals surface area contributed by atoms with Crippen LogP contribution in [-0.4, -0.2) is 37.4 Å². The van der Waals surface area contributed by atoms with Gasteiger partial charge in [-0.2, -0.15) is 0 Å². The van der Waals surface area contributed by atoms with Gasteiger partial charge in [-0.15, -0.1) is 11.3 Å². The van der Waals surface area contributed by atoms with Crippen molar-refractivity contribution >= 4 is 23.2 Å². The SMILES string of the molecule is CCCCNC(=O)[C@H]1CCc2sc(C(=O)N(C)C)cc2C1. The van der Waals surface area contributed by atoms with Gasteiger partial charge in [-0.1, -0.05) is 13.3 Å². The normalized spacial score (nSPS) is 17.2. The molecule has 1 aromatic heterocycles. The van der Waals surface area contributed by atoms with E-state index in [1.165, 1.54) is 10.4 Å². The van der Waals surface area contributed by atoms with E-state index in [0.29, 0.717) is 0 Å². The lowest BCUT2D eigenvalue weighted by molar-refractivity contribution is -0.125. The van der Waals surface area contributed by atoms with Crippen LogP contribution in [0.2, 0.25) is 0 Å². The number of nitrogens with one attached hydrogen (secondary N) is 1. The summed E-state index contributed by atoms with van der Waals surface area (Å²) in [6.45, 7) is 2.89. The second-order valence-electron chi connectivity index (χ2n) is 5.84. The molecule has 0 saturated carbocycles. The predicted octanol–water partition coefficient (Wildman–Crippen LogP) is 2.47. The number of rotatable bonds is 5. The molecule has 4 nitrogen and oxygen atoms in total. The molecule has 1 N–H and O–H groups in total. The number of unbranched alkanes of at least 4 members (excludes halogenated alkanes) is 1. The van der Waals surface area contributed by atoms with Crippen molar-refractivity contribution < 1.29 is 9.59 Å². The van der Waals surface area contributed by atoms with Crippen molar-refractivity contribution in [2.24, 2.45) is 5.92 Å². The maximum Gasteiger partial charge on any atom is 0.263 e. The van der Waals surface area contributed by atoms with Gasteiger partial charge in [0.25, 0.3) is 5.91 Å². The van der Waals surface area contributed by atoms with E-state index in [1.807, 2.05) is 6.07 Å². The highest BCUT2D eigenvalue weighted by Gasteiger charge is 2.27. The van der Waals surface area contributed by atoms with E-state index in [4.69, 9.17) is 0 Å². The minimum atomic E-state index is 0.0540. The Kier molecular flexibility index (Phi) is 5.39. The van der Waals surface area contributed by atoms with Gasteiger partial charge in [0.2, 0.25) is 5.91 Å². The Bertz CT molecular complexity index is 522. The number of thiophene rings is 1. The highest BCUT2D eigenvalue weighted by molar-refractivity contribution is 7.14. The van der Waals surface area contributed by atoms with Crippen molar-refractivity contribution in [1.29, 1.82) is 0 Å². The van der Waals surface area contributed by atoms with Crippen LogP contribution >= 0.6 is 11.3 Å². The zero-order valence-electron chi connectivity index (χ0n) is 13.1. The number of fused-ring (bicyclic) bond motifs is 1. The Morgan fingerprint density at radius 3 is 2.86 bits per heavy atom. The third-order valence-corrected chi connectivity index (χ3v) is 5.13. The molecule has 0 aliphatic heterocycles. The van der Waals surface area contributed by atoms with Crippen LogP contribution in [-0.2, 0) is 17.6 Å². The quantitative estimate of drug-likeness (QED) is 0.850. The molecule has 0 unspecified atom stereocenters. The zero-order valence-corrected chi connectivity index (χ0v) is 13.9. The first-order chi connectivity index (χ1) is 10.0. The van der Waals surface area contributed by atoms with E-state index in [9.17, 15) is 9.59 Å². The van der Waals surface area contributed by atoms with Gasteiger partial charge < -0.3 is 10.2 Å². The van der Waals surface area contributed by atoms with E-state index in [0.717, 1.165) is 43.5 Å². The summed E-state index contributed by atoms with van der Waals surface area (Å²) in [4.78, 5) is 27.8. The average molecular weight is 308 g/mol. The molecule has 1 aliphatic rings. The second-order valence-corrected chi connectivity index (χ2v) is 6.98. The minimum Gasteiger partial charge on any atom is -0.356 e. The number of nitrogens with zero attached hydrogens (tertiary/aromatic N) is 1. The summed E-state index contributed by atoms with van der Waals surface area (Å²) in [5.74, 6) is 0.283. The molecular weight excluding hydrogens is 284 g/mol. The summed E-state index contributed by atoms with van der Waals surface area (Å²) in [6.07, 6.45) is 4.69. The summed E-state index contributed by atoms with van der Waals surface area (Å²) in [5, 5.41) is 3.02. The third kappa shape index (κ3) is 3.84. The fourth-order valence-electron chi connectivity index (χ4n) is 2.61. The van der Waals surface area contributed by atoms with Gasteiger partial charge >= 0.3 is 0 Å². The lowest BCUT2D eigenvalue weighted by Crippen LogP contribution is -2.34. The number of carbonyl (C=O) groups is 2. The van der Waals surface area contributed by atoms with E-state index < -0.39 is 0 Å². The van der Waals surface area contributed by atoms with Crippen LogP contribution in [0, 0.1) is 5.92 Å². The van der Waals surface area contributed by atoms with Crippen LogP contribution in [0.15, 0.2) is 6.07 Å². The van der Waals surface area contributed by atoms with Gasteiger partial charge in [0, 0.05) is 31.4 Å². The molecule has 1 aliphatic carbocycles. The highest BCUT2D eigenvalue weighted by Crippen LogP contribution is 2.32. The van der Waals surface area contributed by atoms with Gasteiger partial charge in [-0.05, 0) is 37.3 Å². The molecular formula is C16H24N2O2S. The third-order valence-electron chi connectivity index (χ3n) is 3.90. The summed E-state index contributed by atoms with van der Waals surface area (Å²) in [7, 11) is 3.54. The fourth-order valence-corrected chi connectivity index (χ4v) is 3.84. The number of aryl methyl sites for hydroxylation is 1. The van der Waals surface area contributed by atoms with Crippen molar-refractivity contribution in [3.8, 4) is 0 Å². The maximum atomic E-state index is 12.1. The smallest absolute Gasteiger partial charge is 0.263 e. The Balaban J connectivity index is 2.00. The fraction of sp³-hybridized carbons (Fsp3) is 0.625. The standard InChI is InChI=1S/C16H24N2O2S/c1-4-5-8-17-15(19)11-6-7-13-12(9-11)10-14(21-13)16(20)18(2)3/h10-11H,4-9H2,1-3H3,(H,17,19)/t11-/m0/s1. The molecule has 2 rings (SSSR count). The zero-order chi connectivity index (χ0) is 15.4. The van der Waals surface area contributed by atoms with Crippen LogP contribution in [0.5, 0.6) is 0 Å². The van der Waals surface area contributed by atoms with Gasteiger partial charge in [-0.25, -0.2) is 0 Å². The number of carbonyl (C=O) groups excluding carboxylic acids is 2. The van der Waals surface area contributed by atoms with E-state index >= 15 is 0 Å². The van der Waals surface area contributed by atoms with E-state index in [-0.39, 0.29) is 17.7 Å². The Labute approximate surface area is 130 Å². The first kappa shape index (κ1) is 16.0.